The molecule has 1 aliphatic rings. The van der Waals surface area contributed by atoms with E-state index in [-0.39, 0.29) is 6.04 Å². The average Bonchev–Trinajstić information content (AvgIpc) is 2.84. The van der Waals surface area contributed by atoms with Gasteiger partial charge in [0.1, 0.15) is 5.75 Å². The van der Waals surface area contributed by atoms with E-state index < -0.39 is 10.0 Å². The third-order valence-corrected chi connectivity index (χ3v) is 5.40. The van der Waals surface area contributed by atoms with E-state index in [9.17, 15) is 8.42 Å². The van der Waals surface area contributed by atoms with Crippen molar-refractivity contribution in [1.82, 2.24) is 4.72 Å². The van der Waals surface area contributed by atoms with Crippen molar-refractivity contribution in [3.8, 4) is 5.75 Å². The Kier molecular flexibility index (Phi) is 4.70. The molecule has 0 unspecified atom stereocenters. The van der Waals surface area contributed by atoms with Crippen LogP contribution in [0, 0.1) is 13.8 Å². The van der Waals surface area contributed by atoms with Crippen LogP contribution in [-0.2, 0) is 10.0 Å². The standard InChI is InChI=1S/C15H23NO3S/c1-4-19-14-10-15(12(3)9-11(14)2)20(17,18)16-13-7-5-6-8-13/h9-10,13,16H,4-8H2,1-3H3. The molecule has 1 aliphatic carbocycles. The normalized spacial score (nSPS) is 16.6. The number of hydrogen-bond acceptors (Lipinski definition) is 3. The summed E-state index contributed by atoms with van der Waals surface area (Å²) in [5.41, 5.74) is 1.72. The summed E-state index contributed by atoms with van der Waals surface area (Å²) in [6, 6.07) is 3.59. The van der Waals surface area contributed by atoms with Gasteiger partial charge in [0, 0.05) is 12.1 Å². The van der Waals surface area contributed by atoms with Gasteiger partial charge in [-0.05, 0) is 44.7 Å². The lowest BCUT2D eigenvalue weighted by Crippen LogP contribution is -2.33. The van der Waals surface area contributed by atoms with Gasteiger partial charge in [-0.3, -0.25) is 0 Å². The highest BCUT2D eigenvalue weighted by atomic mass is 32.2. The summed E-state index contributed by atoms with van der Waals surface area (Å²) in [5.74, 6) is 0.643. The largest absolute Gasteiger partial charge is 0.494 e. The number of hydrogen-bond donors (Lipinski definition) is 1. The smallest absolute Gasteiger partial charge is 0.241 e. The van der Waals surface area contributed by atoms with E-state index in [0.717, 1.165) is 36.8 Å². The van der Waals surface area contributed by atoms with E-state index in [4.69, 9.17) is 4.74 Å². The van der Waals surface area contributed by atoms with Gasteiger partial charge in [-0.2, -0.15) is 0 Å². The zero-order valence-electron chi connectivity index (χ0n) is 12.4. The van der Waals surface area contributed by atoms with Crippen molar-refractivity contribution in [1.29, 1.82) is 0 Å². The van der Waals surface area contributed by atoms with Gasteiger partial charge in [0.15, 0.2) is 0 Å². The molecule has 0 radical (unpaired) electrons. The van der Waals surface area contributed by atoms with Crippen LogP contribution in [0.1, 0.15) is 43.7 Å². The molecular formula is C15H23NO3S. The highest BCUT2D eigenvalue weighted by Crippen LogP contribution is 2.27. The van der Waals surface area contributed by atoms with Gasteiger partial charge >= 0.3 is 0 Å². The molecule has 0 saturated heterocycles. The SMILES string of the molecule is CCOc1cc(S(=O)(=O)NC2CCCC2)c(C)cc1C. The van der Waals surface area contributed by atoms with Crippen molar-refractivity contribution in [2.75, 3.05) is 6.61 Å². The third kappa shape index (κ3) is 3.33. The molecule has 0 aromatic heterocycles. The van der Waals surface area contributed by atoms with Crippen LogP contribution in [0.15, 0.2) is 17.0 Å². The van der Waals surface area contributed by atoms with Crippen molar-refractivity contribution in [2.24, 2.45) is 0 Å². The van der Waals surface area contributed by atoms with E-state index in [1.54, 1.807) is 6.07 Å². The fourth-order valence-electron chi connectivity index (χ4n) is 2.74. The molecule has 0 atom stereocenters. The lowest BCUT2D eigenvalue weighted by molar-refractivity contribution is 0.336. The minimum atomic E-state index is -3.46. The fraction of sp³-hybridized carbons (Fsp3) is 0.600. The summed E-state index contributed by atoms with van der Waals surface area (Å²) < 4.78 is 33.3. The first-order chi connectivity index (χ1) is 9.44. The molecular weight excluding hydrogens is 274 g/mol. The number of aryl methyl sites for hydroxylation is 2. The number of benzene rings is 1. The Morgan fingerprint density at radius 1 is 1.20 bits per heavy atom. The molecule has 4 nitrogen and oxygen atoms in total. The topological polar surface area (TPSA) is 55.4 Å². The molecule has 1 aromatic rings. The van der Waals surface area contributed by atoms with Crippen molar-refractivity contribution in [3.05, 3.63) is 23.3 Å². The minimum absolute atomic E-state index is 0.0799. The predicted octanol–water partition coefficient (Wildman–Crippen LogP) is 2.92. The highest BCUT2D eigenvalue weighted by Gasteiger charge is 2.25. The molecule has 1 aromatic carbocycles. The molecule has 0 bridgehead atoms. The monoisotopic (exact) mass is 297 g/mol. The molecule has 0 spiro atoms. The van der Waals surface area contributed by atoms with Crippen LogP contribution < -0.4 is 9.46 Å². The summed E-state index contributed by atoms with van der Waals surface area (Å²) in [6.07, 6.45) is 4.07. The van der Waals surface area contributed by atoms with Crippen molar-refractivity contribution in [3.63, 3.8) is 0 Å². The number of nitrogens with one attached hydrogen (secondary N) is 1. The lowest BCUT2D eigenvalue weighted by atomic mass is 10.1. The first-order valence-corrected chi connectivity index (χ1v) is 8.68. The van der Waals surface area contributed by atoms with Crippen LogP contribution in [0.25, 0.3) is 0 Å². The van der Waals surface area contributed by atoms with Gasteiger partial charge in [0.25, 0.3) is 0 Å². The van der Waals surface area contributed by atoms with E-state index in [0.29, 0.717) is 17.3 Å². The third-order valence-electron chi connectivity index (χ3n) is 3.74. The van der Waals surface area contributed by atoms with Crippen molar-refractivity contribution < 1.29 is 13.2 Å². The second-order valence-corrected chi connectivity index (χ2v) is 7.10. The summed E-state index contributed by atoms with van der Waals surface area (Å²) in [4.78, 5) is 0.332. The van der Waals surface area contributed by atoms with E-state index in [2.05, 4.69) is 4.72 Å². The molecule has 2 rings (SSSR count). The molecule has 1 N–H and O–H groups in total. The summed E-state index contributed by atoms with van der Waals surface area (Å²) in [6.45, 7) is 6.18. The van der Waals surface area contributed by atoms with Crippen molar-refractivity contribution in [2.45, 2.75) is 57.4 Å². The van der Waals surface area contributed by atoms with Gasteiger partial charge in [-0.25, -0.2) is 13.1 Å². The van der Waals surface area contributed by atoms with Gasteiger partial charge < -0.3 is 4.74 Å². The first-order valence-electron chi connectivity index (χ1n) is 7.20. The summed E-state index contributed by atoms with van der Waals surface area (Å²) in [5, 5.41) is 0. The average molecular weight is 297 g/mol. The summed E-state index contributed by atoms with van der Waals surface area (Å²) in [7, 11) is -3.46. The molecule has 5 heteroatoms. The van der Waals surface area contributed by atoms with Gasteiger partial charge in [-0.1, -0.05) is 18.9 Å². The van der Waals surface area contributed by atoms with Crippen LogP contribution in [0.3, 0.4) is 0 Å². The second-order valence-electron chi connectivity index (χ2n) is 5.42. The number of rotatable bonds is 5. The van der Waals surface area contributed by atoms with E-state index in [1.807, 2.05) is 26.8 Å². The van der Waals surface area contributed by atoms with Crippen LogP contribution >= 0.6 is 0 Å². The minimum Gasteiger partial charge on any atom is -0.494 e. The lowest BCUT2D eigenvalue weighted by Gasteiger charge is -2.16. The molecule has 0 heterocycles. The van der Waals surface area contributed by atoms with E-state index >= 15 is 0 Å². The maximum Gasteiger partial charge on any atom is 0.241 e. The van der Waals surface area contributed by atoms with E-state index in [1.165, 1.54) is 0 Å². The molecule has 0 aliphatic heterocycles. The van der Waals surface area contributed by atoms with Crippen molar-refractivity contribution >= 4 is 10.0 Å². The Labute approximate surface area is 121 Å². The molecule has 112 valence electrons. The highest BCUT2D eigenvalue weighted by molar-refractivity contribution is 7.89. The van der Waals surface area contributed by atoms with Crippen LogP contribution in [0.5, 0.6) is 5.75 Å². The number of sulfonamides is 1. The van der Waals surface area contributed by atoms with Gasteiger partial charge in [-0.15, -0.1) is 0 Å². The Morgan fingerprint density at radius 3 is 2.45 bits per heavy atom. The van der Waals surface area contributed by atoms with Gasteiger partial charge in [0.2, 0.25) is 10.0 Å². The predicted molar refractivity (Wildman–Crippen MR) is 79.7 cm³/mol. The zero-order chi connectivity index (χ0) is 14.8. The number of ether oxygens (including phenoxy) is 1. The maximum atomic E-state index is 12.5. The fourth-order valence-corrected chi connectivity index (χ4v) is 4.29. The maximum absolute atomic E-state index is 12.5. The summed E-state index contributed by atoms with van der Waals surface area (Å²) >= 11 is 0. The second kappa shape index (κ2) is 6.14. The van der Waals surface area contributed by atoms with Crippen LogP contribution in [-0.4, -0.2) is 21.1 Å². The quantitative estimate of drug-likeness (QED) is 0.909. The molecule has 20 heavy (non-hydrogen) atoms. The van der Waals surface area contributed by atoms with Crippen LogP contribution in [0.2, 0.25) is 0 Å². The molecule has 0 amide bonds. The molecule has 1 saturated carbocycles. The zero-order valence-corrected chi connectivity index (χ0v) is 13.2. The Morgan fingerprint density at radius 2 is 1.85 bits per heavy atom. The van der Waals surface area contributed by atoms with Gasteiger partial charge in [0.05, 0.1) is 11.5 Å². The van der Waals surface area contributed by atoms with Crippen LogP contribution in [0.4, 0.5) is 0 Å². The first kappa shape index (κ1) is 15.3. The molecule has 1 fully saturated rings. The Balaban J connectivity index is 2.32. The Hall–Kier alpha value is -1.07. The Bertz CT molecular complexity index is 575.